The molecule has 10 nitrogen and oxygen atoms in total. The molecule has 6 rings (SSSR count). The second kappa shape index (κ2) is 16.4. The van der Waals surface area contributed by atoms with E-state index in [1.807, 2.05) is 64.1 Å². The number of hydrogen-bond donors (Lipinski definition) is 4. The third-order valence-corrected chi connectivity index (χ3v) is 8.95. The maximum Gasteiger partial charge on any atom is 0.222 e. The summed E-state index contributed by atoms with van der Waals surface area (Å²) in [6, 6.07) is 20.9. The number of aryl methyl sites for hydroxylation is 1. The van der Waals surface area contributed by atoms with E-state index in [1.54, 1.807) is 49.1 Å². The summed E-state index contributed by atoms with van der Waals surface area (Å²) in [6.07, 6.45) is 7.48. The highest BCUT2D eigenvalue weighted by Crippen LogP contribution is 2.33. The average molecular weight is 711 g/mol. The number of aromatic nitrogens is 6. The van der Waals surface area contributed by atoms with Gasteiger partial charge in [0.2, 0.25) is 11.9 Å². The van der Waals surface area contributed by atoms with E-state index in [-0.39, 0.29) is 28.9 Å². The van der Waals surface area contributed by atoms with Crippen molar-refractivity contribution in [2.75, 3.05) is 22.1 Å². The first-order valence-corrected chi connectivity index (χ1v) is 17.2. The van der Waals surface area contributed by atoms with Gasteiger partial charge in [-0.25, -0.2) is 18.7 Å². The van der Waals surface area contributed by atoms with Gasteiger partial charge in [-0.3, -0.25) is 9.97 Å². The smallest absolute Gasteiger partial charge is 0.222 e. The SMILES string of the molecule is CC(C)(C)c1cc(Nc2ccc(Sc3ccncc3)c(F)c2)nc(N)n1.CCc1cc(Nc2ccc(Sc3ccncc3)c(F)c2)nc(N)n1. The Morgan fingerprint density at radius 1 is 0.620 bits per heavy atom. The highest BCUT2D eigenvalue weighted by atomic mass is 32.2. The zero-order valence-electron chi connectivity index (χ0n) is 27.9. The number of nitrogens with two attached hydrogens (primary N) is 2. The second-order valence-corrected chi connectivity index (χ2v) is 14.0. The molecular weight excluding hydrogens is 675 g/mol. The molecule has 0 spiro atoms. The van der Waals surface area contributed by atoms with Crippen molar-refractivity contribution >= 4 is 58.4 Å². The Bertz CT molecular complexity index is 2050. The summed E-state index contributed by atoms with van der Waals surface area (Å²) in [6.45, 7) is 8.12. The minimum atomic E-state index is -0.310. The Morgan fingerprint density at radius 2 is 1.08 bits per heavy atom. The van der Waals surface area contributed by atoms with Gasteiger partial charge in [0.05, 0.1) is 5.69 Å². The van der Waals surface area contributed by atoms with Crippen molar-refractivity contribution in [3.8, 4) is 0 Å². The first kappa shape index (κ1) is 36.0. The minimum absolute atomic E-state index is 0.163. The maximum absolute atomic E-state index is 14.5. The molecule has 0 bridgehead atoms. The lowest BCUT2D eigenvalue weighted by molar-refractivity contribution is 0.568. The predicted molar refractivity (Wildman–Crippen MR) is 197 cm³/mol. The Kier molecular flexibility index (Phi) is 11.8. The maximum atomic E-state index is 14.5. The molecule has 0 fully saturated rings. The summed E-state index contributed by atoms with van der Waals surface area (Å²) >= 11 is 2.70. The topological polar surface area (TPSA) is 153 Å². The molecule has 0 aliphatic heterocycles. The molecule has 6 aromatic rings. The van der Waals surface area contributed by atoms with Crippen LogP contribution in [0.1, 0.15) is 39.1 Å². The number of benzene rings is 2. The van der Waals surface area contributed by atoms with Crippen molar-refractivity contribution in [2.45, 2.75) is 59.1 Å². The van der Waals surface area contributed by atoms with Crippen LogP contribution in [0.2, 0.25) is 0 Å². The van der Waals surface area contributed by atoms with E-state index in [9.17, 15) is 8.78 Å². The fourth-order valence-corrected chi connectivity index (χ4v) is 5.97. The molecule has 0 unspecified atom stereocenters. The predicted octanol–water partition coefficient (Wildman–Crippen LogP) is 8.84. The normalized spacial score (nSPS) is 11.0. The molecule has 14 heteroatoms. The third kappa shape index (κ3) is 10.3. The monoisotopic (exact) mass is 710 g/mol. The Balaban J connectivity index is 0.000000195. The number of nitrogens with zero attached hydrogens (tertiary/aromatic N) is 6. The van der Waals surface area contributed by atoms with Crippen LogP contribution in [0.3, 0.4) is 0 Å². The van der Waals surface area contributed by atoms with Gasteiger partial charge in [0.15, 0.2) is 0 Å². The van der Waals surface area contributed by atoms with Gasteiger partial charge in [-0.1, -0.05) is 51.2 Å². The number of nitrogens with one attached hydrogen (secondary N) is 2. The molecule has 0 aliphatic rings. The first-order valence-electron chi connectivity index (χ1n) is 15.5. The molecule has 6 N–H and O–H groups in total. The van der Waals surface area contributed by atoms with Gasteiger partial charge in [0, 0.05) is 79.0 Å². The lowest BCUT2D eigenvalue weighted by Crippen LogP contribution is -2.16. The van der Waals surface area contributed by atoms with E-state index in [4.69, 9.17) is 11.5 Å². The third-order valence-electron chi connectivity index (χ3n) is 6.83. The van der Waals surface area contributed by atoms with Crippen LogP contribution in [0.5, 0.6) is 0 Å². The minimum Gasteiger partial charge on any atom is -0.368 e. The molecule has 0 amide bonds. The van der Waals surface area contributed by atoms with Crippen LogP contribution in [0.25, 0.3) is 0 Å². The summed E-state index contributed by atoms with van der Waals surface area (Å²) in [5.74, 6) is 0.853. The molecular formula is C36H36F2N10S2. The fourth-order valence-electron chi connectivity index (χ4n) is 4.36. The summed E-state index contributed by atoms with van der Waals surface area (Å²) in [5, 5.41) is 6.16. The van der Waals surface area contributed by atoms with Gasteiger partial charge in [0.1, 0.15) is 23.3 Å². The number of anilines is 6. The Morgan fingerprint density at radius 3 is 1.52 bits per heavy atom. The Labute approximate surface area is 298 Å². The van der Waals surface area contributed by atoms with E-state index in [0.717, 1.165) is 27.6 Å². The van der Waals surface area contributed by atoms with Crippen molar-refractivity contribution in [3.05, 3.63) is 121 Å². The number of hydrogen-bond acceptors (Lipinski definition) is 12. The van der Waals surface area contributed by atoms with Crippen molar-refractivity contribution in [1.29, 1.82) is 0 Å². The van der Waals surface area contributed by atoms with Gasteiger partial charge in [-0.2, -0.15) is 9.97 Å². The average Bonchev–Trinajstić information content (AvgIpc) is 3.07. The van der Waals surface area contributed by atoms with Crippen LogP contribution < -0.4 is 22.1 Å². The molecule has 2 aromatic carbocycles. The summed E-state index contributed by atoms with van der Waals surface area (Å²) in [5.41, 5.74) is 14.2. The van der Waals surface area contributed by atoms with Crippen molar-refractivity contribution in [1.82, 2.24) is 29.9 Å². The molecule has 0 saturated carbocycles. The van der Waals surface area contributed by atoms with E-state index < -0.39 is 0 Å². The highest BCUT2D eigenvalue weighted by molar-refractivity contribution is 7.99. The Hall–Kier alpha value is -5.34. The van der Waals surface area contributed by atoms with Crippen LogP contribution in [0.15, 0.2) is 117 Å². The van der Waals surface area contributed by atoms with Crippen molar-refractivity contribution in [2.24, 2.45) is 0 Å². The quantitative estimate of drug-likeness (QED) is 0.113. The first-order chi connectivity index (χ1) is 23.9. The van der Waals surface area contributed by atoms with Gasteiger partial charge < -0.3 is 22.1 Å². The van der Waals surface area contributed by atoms with E-state index >= 15 is 0 Å². The van der Waals surface area contributed by atoms with Crippen molar-refractivity contribution in [3.63, 3.8) is 0 Å². The van der Waals surface area contributed by atoms with E-state index in [2.05, 4.69) is 40.5 Å². The molecule has 0 aliphatic carbocycles. The van der Waals surface area contributed by atoms with Gasteiger partial charge >= 0.3 is 0 Å². The fraction of sp³-hybridized carbons (Fsp3) is 0.167. The lowest BCUT2D eigenvalue weighted by atomic mass is 9.92. The van der Waals surface area contributed by atoms with Crippen LogP contribution in [-0.2, 0) is 11.8 Å². The summed E-state index contributed by atoms with van der Waals surface area (Å²) in [7, 11) is 0. The largest absolute Gasteiger partial charge is 0.368 e. The number of halogens is 2. The zero-order valence-corrected chi connectivity index (χ0v) is 29.5. The standard InChI is InChI=1S/C19H20FN5S.C17H16FN5S/c1-19(2,3)16-11-17(25-18(21)24-16)23-12-4-5-15(14(20)10-12)26-13-6-8-22-9-7-13;1-2-11-10-16(23-17(19)22-11)21-12-3-4-15(14(18)9-12)24-13-5-7-20-8-6-13/h4-11H,1-3H3,(H3,21,23,24,25);3-10H,2H2,1H3,(H3,19,21,22,23). The molecule has 4 aromatic heterocycles. The molecule has 0 saturated heterocycles. The lowest BCUT2D eigenvalue weighted by Gasteiger charge is -2.19. The zero-order chi connectivity index (χ0) is 35.7. The highest BCUT2D eigenvalue weighted by Gasteiger charge is 2.18. The van der Waals surface area contributed by atoms with Crippen LogP contribution in [-0.4, -0.2) is 29.9 Å². The summed E-state index contributed by atoms with van der Waals surface area (Å²) < 4.78 is 28.8. The number of nitrogen functional groups attached to an aromatic ring is 2. The van der Waals surface area contributed by atoms with E-state index in [1.165, 1.54) is 35.7 Å². The van der Waals surface area contributed by atoms with Gasteiger partial charge in [-0.15, -0.1) is 0 Å². The van der Waals surface area contributed by atoms with Crippen LogP contribution >= 0.6 is 23.5 Å². The van der Waals surface area contributed by atoms with E-state index in [0.29, 0.717) is 32.8 Å². The van der Waals surface area contributed by atoms with Crippen LogP contribution in [0, 0.1) is 11.6 Å². The van der Waals surface area contributed by atoms with Gasteiger partial charge in [-0.05, 0) is 67.1 Å². The van der Waals surface area contributed by atoms with Gasteiger partial charge in [0.25, 0.3) is 0 Å². The number of pyridine rings is 2. The summed E-state index contributed by atoms with van der Waals surface area (Å²) in [4.78, 5) is 27.5. The number of rotatable bonds is 9. The van der Waals surface area contributed by atoms with Crippen molar-refractivity contribution < 1.29 is 8.78 Å². The molecule has 4 heterocycles. The van der Waals surface area contributed by atoms with Crippen LogP contribution in [0.4, 0.5) is 43.7 Å². The molecule has 0 atom stereocenters. The second-order valence-electron chi connectivity index (χ2n) is 11.8. The molecule has 0 radical (unpaired) electrons. The molecule has 256 valence electrons. The molecule has 50 heavy (non-hydrogen) atoms.